The van der Waals surface area contributed by atoms with Crippen molar-refractivity contribution in [1.82, 2.24) is 10.2 Å². The summed E-state index contributed by atoms with van der Waals surface area (Å²) < 4.78 is 26.1. The van der Waals surface area contributed by atoms with Crippen LogP contribution in [0.2, 0.25) is 5.02 Å². The smallest absolute Gasteiger partial charge is 0.244 e. The maximum absolute atomic E-state index is 13.4. The first-order valence-corrected chi connectivity index (χ1v) is 13.0. The molecule has 0 bridgehead atoms. The SMILES string of the molecule is CCCNC(=O)[C@@H](C)N(Cc1cccc(C)c1)C(=O)CN(c1ccc(C)c(Cl)c1)S(C)(=O)=O. The van der Waals surface area contributed by atoms with Gasteiger partial charge in [-0.1, -0.05) is 54.4 Å². The molecule has 2 amide bonds. The highest BCUT2D eigenvalue weighted by atomic mass is 35.5. The summed E-state index contributed by atoms with van der Waals surface area (Å²) in [6.07, 6.45) is 1.80. The van der Waals surface area contributed by atoms with Crippen molar-refractivity contribution in [2.45, 2.75) is 46.7 Å². The van der Waals surface area contributed by atoms with Gasteiger partial charge in [-0.15, -0.1) is 0 Å². The molecular weight excluding hydrogens is 462 g/mol. The zero-order chi connectivity index (χ0) is 24.8. The second kappa shape index (κ2) is 11.5. The highest BCUT2D eigenvalue weighted by molar-refractivity contribution is 7.92. The molecule has 9 heteroatoms. The fourth-order valence-electron chi connectivity index (χ4n) is 3.34. The summed E-state index contributed by atoms with van der Waals surface area (Å²) in [6.45, 7) is 7.56. The number of nitrogens with zero attached hydrogens (tertiary/aromatic N) is 2. The number of halogens is 1. The van der Waals surface area contributed by atoms with Crippen LogP contribution in [-0.2, 0) is 26.2 Å². The largest absolute Gasteiger partial charge is 0.354 e. The van der Waals surface area contributed by atoms with Crippen LogP contribution in [0.25, 0.3) is 0 Å². The summed E-state index contributed by atoms with van der Waals surface area (Å²) >= 11 is 6.20. The van der Waals surface area contributed by atoms with Crippen LogP contribution in [0.5, 0.6) is 0 Å². The molecule has 0 aliphatic heterocycles. The fraction of sp³-hybridized carbons (Fsp3) is 0.417. The topological polar surface area (TPSA) is 86.8 Å². The van der Waals surface area contributed by atoms with Crippen LogP contribution >= 0.6 is 11.6 Å². The van der Waals surface area contributed by atoms with Crippen LogP contribution < -0.4 is 9.62 Å². The lowest BCUT2D eigenvalue weighted by molar-refractivity contribution is -0.139. The Balaban J connectivity index is 2.39. The van der Waals surface area contributed by atoms with E-state index in [0.29, 0.717) is 17.3 Å². The third-order valence-corrected chi connectivity index (χ3v) is 6.82. The highest BCUT2D eigenvalue weighted by Crippen LogP contribution is 2.25. The zero-order valence-electron chi connectivity index (χ0n) is 19.8. The van der Waals surface area contributed by atoms with E-state index in [2.05, 4.69) is 5.32 Å². The van der Waals surface area contributed by atoms with Crippen LogP contribution in [0, 0.1) is 13.8 Å². The summed E-state index contributed by atoms with van der Waals surface area (Å²) in [5.74, 6) is -0.778. The van der Waals surface area contributed by atoms with E-state index in [1.165, 1.54) is 11.0 Å². The molecule has 7 nitrogen and oxygen atoms in total. The number of hydrogen-bond acceptors (Lipinski definition) is 4. The molecule has 180 valence electrons. The van der Waals surface area contributed by atoms with Crippen LogP contribution in [0.1, 0.15) is 37.0 Å². The van der Waals surface area contributed by atoms with E-state index in [0.717, 1.165) is 33.7 Å². The Bertz CT molecular complexity index is 1100. The van der Waals surface area contributed by atoms with Gasteiger partial charge in [0.05, 0.1) is 11.9 Å². The van der Waals surface area contributed by atoms with Gasteiger partial charge in [-0.3, -0.25) is 13.9 Å². The van der Waals surface area contributed by atoms with Gasteiger partial charge in [0.25, 0.3) is 0 Å². The number of anilines is 1. The van der Waals surface area contributed by atoms with Crippen LogP contribution in [0.4, 0.5) is 5.69 Å². The predicted octanol–water partition coefficient (Wildman–Crippen LogP) is 3.67. The molecule has 0 radical (unpaired) electrons. The van der Waals surface area contributed by atoms with Gasteiger partial charge in [-0.05, 0) is 50.5 Å². The van der Waals surface area contributed by atoms with Crippen molar-refractivity contribution in [2.24, 2.45) is 0 Å². The molecule has 0 unspecified atom stereocenters. The molecule has 2 aromatic carbocycles. The monoisotopic (exact) mass is 493 g/mol. The number of carbonyl (C=O) groups is 2. The van der Waals surface area contributed by atoms with Crippen LogP contribution in [-0.4, -0.2) is 50.5 Å². The summed E-state index contributed by atoms with van der Waals surface area (Å²) in [5, 5.41) is 3.21. The van der Waals surface area contributed by atoms with Gasteiger partial charge in [-0.2, -0.15) is 0 Å². The predicted molar refractivity (Wildman–Crippen MR) is 133 cm³/mol. The van der Waals surface area contributed by atoms with E-state index in [4.69, 9.17) is 11.6 Å². The van der Waals surface area contributed by atoms with Crippen molar-refractivity contribution in [3.05, 3.63) is 64.2 Å². The second-order valence-electron chi connectivity index (χ2n) is 8.18. The Morgan fingerprint density at radius 2 is 1.82 bits per heavy atom. The average molecular weight is 494 g/mol. The van der Waals surface area contributed by atoms with Crippen molar-refractivity contribution in [2.75, 3.05) is 23.7 Å². The van der Waals surface area contributed by atoms with Gasteiger partial charge in [0, 0.05) is 18.1 Å². The van der Waals surface area contributed by atoms with E-state index in [1.807, 2.05) is 45.0 Å². The molecule has 0 saturated carbocycles. The lowest BCUT2D eigenvalue weighted by Gasteiger charge is -2.31. The van der Waals surface area contributed by atoms with Crippen molar-refractivity contribution >= 4 is 39.1 Å². The molecule has 0 heterocycles. The van der Waals surface area contributed by atoms with Crippen molar-refractivity contribution in [3.63, 3.8) is 0 Å². The lowest BCUT2D eigenvalue weighted by Crippen LogP contribution is -2.51. The zero-order valence-corrected chi connectivity index (χ0v) is 21.3. The molecule has 33 heavy (non-hydrogen) atoms. The Morgan fingerprint density at radius 3 is 2.39 bits per heavy atom. The first-order chi connectivity index (χ1) is 15.4. The van der Waals surface area contributed by atoms with Gasteiger partial charge in [-0.25, -0.2) is 8.42 Å². The van der Waals surface area contributed by atoms with E-state index in [9.17, 15) is 18.0 Å². The quantitative estimate of drug-likeness (QED) is 0.547. The maximum atomic E-state index is 13.4. The van der Waals surface area contributed by atoms with Gasteiger partial charge >= 0.3 is 0 Å². The Kier molecular flexibility index (Phi) is 9.31. The molecule has 0 aliphatic carbocycles. The normalized spacial score (nSPS) is 12.2. The number of carbonyl (C=O) groups excluding carboxylic acids is 2. The summed E-state index contributed by atoms with van der Waals surface area (Å²) in [6, 6.07) is 11.7. The number of amides is 2. The fourth-order valence-corrected chi connectivity index (χ4v) is 4.35. The standard InChI is InChI=1S/C24H32ClN3O4S/c1-6-12-26-24(30)19(4)27(15-20-9-7-8-17(2)13-20)23(29)16-28(33(5,31)32)21-11-10-18(3)22(25)14-21/h7-11,13-14,19H,6,12,15-16H2,1-5H3,(H,26,30)/t19-/m1/s1. The first-order valence-electron chi connectivity index (χ1n) is 10.8. The summed E-state index contributed by atoms with van der Waals surface area (Å²) in [7, 11) is -3.79. The first kappa shape index (κ1) is 26.7. The lowest BCUT2D eigenvalue weighted by atomic mass is 10.1. The molecule has 0 fully saturated rings. The van der Waals surface area contributed by atoms with Gasteiger partial charge in [0.1, 0.15) is 12.6 Å². The van der Waals surface area contributed by atoms with Gasteiger partial charge < -0.3 is 10.2 Å². The second-order valence-corrected chi connectivity index (χ2v) is 10.5. The number of benzene rings is 2. The average Bonchev–Trinajstić information content (AvgIpc) is 2.74. The minimum atomic E-state index is -3.79. The minimum absolute atomic E-state index is 0.174. The number of sulfonamides is 1. The molecule has 1 N–H and O–H groups in total. The molecule has 0 aromatic heterocycles. The summed E-state index contributed by atoms with van der Waals surface area (Å²) in [4.78, 5) is 27.5. The number of rotatable bonds is 10. The van der Waals surface area contributed by atoms with E-state index in [1.54, 1.807) is 19.1 Å². The molecule has 0 aliphatic rings. The minimum Gasteiger partial charge on any atom is -0.354 e. The molecule has 0 saturated heterocycles. The summed E-state index contributed by atoms with van der Waals surface area (Å²) in [5.41, 5.74) is 2.96. The van der Waals surface area contributed by atoms with Crippen molar-refractivity contribution in [1.29, 1.82) is 0 Å². The van der Waals surface area contributed by atoms with Crippen molar-refractivity contribution in [3.8, 4) is 0 Å². The van der Waals surface area contributed by atoms with E-state index < -0.39 is 28.5 Å². The molecule has 2 rings (SSSR count). The molecular formula is C24H32ClN3O4S. The van der Waals surface area contributed by atoms with E-state index in [-0.39, 0.29) is 12.5 Å². The van der Waals surface area contributed by atoms with Crippen LogP contribution in [0.15, 0.2) is 42.5 Å². The number of hydrogen-bond donors (Lipinski definition) is 1. The highest BCUT2D eigenvalue weighted by Gasteiger charge is 2.30. The number of nitrogens with one attached hydrogen (secondary N) is 1. The Morgan fingerprint density at radius 1 is 1.12 bits per heavy atom. The van der Waals surface area contributed by atoms with E-state index >= 15 is 0 Å². The maximum Gasteiger partial charge on any atom is 0.244 e. The molecule has 0 spiro atoms. The van der Waals surface area contributed by atoms with Gasteiger partial charge in [0.15, 0.2) is 0 Å². The third-order valence-electron chi connectivity index (χ3n) is 5.27. The van der Waals surface area contributed by atoms with Crippen molar-refractivity contribution < 1.29 is 18.0 Å². The molecule has 1 atom stereocenters. The van der Waals surface area contributed by atoms with Crippen LogP contribution in [0.3, 0.4) is 0 Å². The van der Waals surface area contributed by atoms with Gasteiger partial charge in [0.2, 0.25) is 21.8 Å². The Labute approximate surface area is 201 Å². The third kappa shape index (κ3) is 7.47. The molecule has 2 aromatic rings. The number of aryl methyl sites for hydroxylation is 2. The Hall–Kier alpha value is -2.58.